The zero-order valence-corrected chi connectivity index (χ0v) is 23.6. The summed E-state index contributed by atoms with van der Waals surface area (Å²) in [6.45, 7) is 3.47. The van der Waals surface area contributed by atoms with Crippen molar-refractivity contribution >= 4 is 15.9 Å². The van der Waals surface area contributed by atoms with Gasteiger partial charge in [-0.25, -0.2) is 12.8 Å². The van der Waals surface area contributed by atoms with Gasteiger partial charge in [-0.1, -0.05) is 61.2 Å². The van der Waals surface area contributed by atoms with Gasteiger partial charge in [0, 0.05) is 31.1 Å². The molecule has 7 nitrogen and oxygen atoms in total. The molecule has 0 unspecified atom stereocenters. The lowest BCUT2D eigenvalue weighted by Gasteiger charge is -2.37. The lowest BCUT2D eigenvalue weighted by atomic mass is 10.0. The first-order valence-electron chi connectivity index (χ1n) is 13.1. The van der Waals surface area contributed by atoms with E-state index in [1.54, 1.807) is 43.1 Å². The Morgan fingerprint density at radius 2 is 1.82 bits per heavy atom. The van der Waals surface area contributed by atoms with E-state index >= 15 is 0 Å². The van der Waals surface area contributed by atoms with Gasteiger partial charge in [0.15, 0.2) is 0 Å². The van der Waals surface area contributed by atoms with Gasteiger partial charge in [-0.15, -0.1) is 0 Å². The molecule has 1 heterocycles. The molecular formula is C31H33FN2O5S. The number of fused-ring (bicyclic) bond motifs is 1. The van der Waals surface area contributed by atoms with E-state index in [0.29, 0.717) is 5.56 Å². The van der Waals surface area contributed by atoms with Gasteiger partial charge in [0.2, 0.25) is 15.9 Å². The highest BCUT2D eigenvalue weighted by Gasteiger charge is 2.38. The van der Waals surface area contributed by atoms with Crippen LogP contribution in [0.3, 0.4) is 0 Å². The molecule has 1 N–H and O–H groups in total. The Labute approximate surface area is 235 Å². The molecule has 3 aromatic rings. The Kier molecular flexibility index (Phi) is 9.25. The summed E-state index contributed by atoms with van der Waals surface area (Å²) >= 11 is 0. The summed E-state index contributed by atoms with van der Waals surface area (Å²) < 4.78 is 49.0. The van der Waals surface area contributed by atoms with Crippen molar-refractivity contribution in [1.29, 1.82) is 0 Å². The fourth-order valence-corrected chi connectivity index (χ4v) is 6.33. The highest BCUT2D eigenvalue weighted by molar-refractivity contribution is 7.89. The molecule has 0 aromatic heterocycles. The van der Waals surface area contributed by atoms with Crippen LogP contribution in [0.5, 0.6) is 5.75 Å². The number of amides is 1. The smallest absolute Gasteiger partial charge is 0.247 e. The molecular weight excluding hydrogens is 531 g/mol. The van der Waals surface area contributed by atoms with Crippen molar-refractivity contribution < 1.29 is 27.4 Å². The molecule has 0 fully saturated rings. The van der Waals surface area contributed by atoms with E-state index in [1.807, 2.05) is 37.3 Å². The van der Waals surface area contributed by atoms with Crippen LogP contribution in [-0.4, -0.2) is 67.5 Å². The Balaban J connectivity index is 1.68. The summed E-state index contributed by atoms with van der Waals surface area (Å²) in [6, 6.07) is 19.4. The van der Waals surface area contributed by atoms with Gasteiger partial charge >= 0.3 is 0 Å². The number of carbonyl (C=O) groups excluding carboxylic acids is 1. The van der Waals surface area contributed by atoms with E-state index in [-0.39, 0.29) is 54.2 Å². The third-order valence-corrected chi connectivity index (χ3v) is 8.98. The third-order valence-electron chi connectivity index (χ3n) is 6.96. The van der Waals surface area contributed by atoms with E-state index in [9.17, 15) is 22.7 Å². The maximum Gasteiger partial charge on any atom is 0.247 e. The zero-order chi connectivity index (χ0) is 28.9. The van der Waals surface area contributed by atoms with Crippen molar-refractivity contribution in [2.75, 3.05) is 26.7 Å². The van der Waals surface area contributed by atoms with Crippen LogP contribution in [-0.2, 0) is 21.2 Å². The summed E-state index contributed by atoms with van der Waals surface area (Å²) in [6.07, 6.45) is -0.325. The van der Waals surface area contributed by atoms with Crippen molar-refractivity contribution in [3.8, 4) is 17.6 Å². The topological polar surface area (TPSA) is 87.2 Å². The van der Waals surface area contributed by atoms with Gasteiger partial charge < -0.3 is 14.7 Å². The van der Waals surface area contributed by atoms with Gasteiger partial charge in [-0.05, 0) is 42.8 Å². The number of aliphatic hydroxyl groups is 1. The van der Waals surface area contributed by atoms with Crippen LogP contribution in [0, 0.1) is 23.6 Å². The second-order valence-electron chi connectivity index (χ2n) is 10.1. The molecule has 0 saturated heterocycles. The predicted octanol–water partition coefficient (Wildman–Crippen LogP) is 3.70. The van der Waals surface area contributed by atoms with Crippen LogP contribution in [0.1, 0.15) is 30.5 Å². The van der Waals surface area contributed by atoms with E-state index in [4.69, 9.17) is 4.74 Å². The molecule has 1 aliphatic heterocycles. The van der Waals surface area contributed by atoms with Gasteiger partial charge in [0.05, 0.1) is 25.1 Å². The number of carbonyl (C=O) groups is 1. The quantitative estimate of drug-likeness (QED) is 0.462. The van der Waals surface area contributed by atoms with Gasteiger partial charge in [0.1, 0.15) is 22.6 Å². The molecule has 3 aromatic carbocycles. The summed E-state index contributed by atoms with van der Waals surface area (Å²) in [5.41, 5.74) is 1.55. The number of hydrogen-bond donors (Lipinski definition) is 1. The van der Waals surface area contributed by atoms with Gasteiger partial charge in [-0.3, -0.25) is 4.79 Å². The molecule has 1 aliphatic rings. The largest absolute Gasteiger partial charge is 0.487 e. The average molecular weight is 565 g/mol. The number of likely N-dealkylation sites (N-methyl/N-ethyl adjacent to an activating group) is 1. The molecule has 0 radical (unpaired) electrons. The van der Waals surface area contributed by atoms with Crippen molar-refractivity contribution in [2.24, 2.45) is 5.92 Å². The average Bonchev–Trinajstić information content (AvgIpc) is 2.94. The predicted molar refractivity (Wildman–Crippen MR) is 151 cm³/mol. The Morgan fingerprint density at radius 3 is 2.52 bits per heavy atom. The molecule has 210 valence electrons. The minimum atomic E-state index is -4.03. The van der Waals surface area contributed by atoms with Crippen LogP contribution in [0.4, 0.5) is 4.39 Å². The molecule has 9 heteroatoms. The molecule has 1 amide bonds. The first-order chi connectivity index (χ1) is 19.1. The Bertz CT molecular complexity index is 1520. The lowest BCUT2D eigenvalue weighted by molar-refractivity contribution is -0.130. The van der Waals surface area contributed by atoms with Crippen molar-refractivity contribution in [2.45, 2.75) is 37.3 Å². The van der Waals surface area contributed by atoms with Crippen LogP contribution in [0.2, 0.25) is 0 Å². The highest BCUT2D eigenvalue weighted by atomic mass is 32.2. The normalized spacial score (nSPS) is 19.1. The minimum absolute atomic E-state index is 0.0561. The molecule has 40 heavy (non-hydrogen) atoms. The standard InChI is InChI=1S/C31H33FN2O5S/c1-22-19-34(23(2)21-35)40(37,38)30-16-14-25(13-15-26-11-7-8-12-27(26)32)17-28(30)39-29(22)20-33(3)31(36)18-24-9-5-4-6-10-24/h4-12,14,16-17,22-23,29,35H,18-21H2,1-3H3/t22-,23-,29+/m1/s1. The highest BCUT2D eigenvalue weighted by Crippen LogP contribution is 2.34. The van der Waals surface area contributed by atoms with Crippen molar-refractivity contribution in [3.63, 3.8) is 0 Å². The fourth-order valence-electron chi connectivity index (χ4n) is 4.50. The number of hydrogen-bond acceptors (Lipinski definition) is 5. The van der Waals surface area contributed by atoms with Crippen LogP contribution >= 0.6 is 0 Å². The number of ether oxygens (including phenoxy) is 1. The number of aliphatic hydroxyl groups excluding tert-OH is 1. The molecule has 4 rings (SSSR count). The SMILES string of the molecule is C[C@@H]1CN([C@H](C)CO)S(=O)(=O)c2ccc(C#Cc3ccccc3F)cc2O[C@H]1CN(C)C(=O)Cc1ccccc1. The van der Waals surface area contributed by atoms with Crippen LogP contribution < -0.4 is 4.74 Å². The van der Waals surface area contributed by atoms with Gasteiger partial charge in [0.25, 0.3) is 0 Å². The molecule has 0 bridgehead atoms. The monoisotopic (exact) mass is 564 g/mol. The number of rotatable bonds is 6. The second-order valence-corrected chi connectivity index (χ2v) is 11.9. The van der Waals surface area contributed by atoms with Crippen molar-refractivity contribution in [3.05, 3.63) is 95.3 Å². The molecule has 0 aliphatic carbocycles. The van der Waals surface area contributed by atoms with E-state index in [0.717, 1.165) is 5.56 Å². The second kappa shape index (κ2) is 12.6. The maximum absolute atomic E-state index is 14.1. The minimum Gasteiger partial charge on any atom is -0.487 e. The van der Waals surface area contributed by atoms with E-state index in [2.05, 4.69) is 11.8 Å². The number of halogens is 1. The Morgan fingerprint density at radius 1 is 1.12 bits per heavy atom. The third kappa shape index (κ3) is 6.70. The summed E-state index contributed by atoms with van der Waals surface area (Å²) in [7, 11) is -2.33. The molecule has 0 saturated carbocycles. The fraction of sp³-hybridized carbons (Fsp3) is 0.323. The summed E-state index contributed by atoms with van der Waals surface area (Å²) in [5.74, 6) is 4.90. The van der Waals surface area contributed by atoms with Crippen molar-refractivity contribution in [1.82, 2.24) is 9.21 Å². The Hall–Kier alpha value is -3.71. The maximum atomic E-state index is 14.1. The molecule has 0 spiro atoms. The number of benzene rings is 3. The van der Waals surface area contributed by atoms with Crippen LogP contribution in [0.15, 0.2) is 77.7 Å². The summed E-state index contributed by atoms with van der Waals surface area (Å²) in [5, 5.41) is 9.85. The lowest BCUT2D eigenvalue weighted by Crippen LogP contribution is -2.50. The first-order valence-corrected chi connectivity index (χ1v) is 14.5. The number of sulfonamides is 1. The molecule has 3 atom stereocenters. The zero-order valence-electron chi connectivity index (χ0n) is 22.7. The summed E-state index contributed by atoms with van der Waals surface area (Å²) in [4.78, 5) is 14.5. The van der Waals surface area contributed by atoms with E-state index in [1.165, 1.54) is 22.5 Å². The van der Waals surface area contributed by atoms with Crippen LogP contribution in [0.25, 0.3) is 0 Å². The van der Waals surface area contributed by atoms with Gasteiger partial charge in [-0.2, -0.15) is 4.31 Å². The first kappa shape index (κ1) is 29.3. The van der Waals surface area contributed by atoms with E-state index < -0.39 is 28.0 Å². The number of nitrogens with zero attached hydrogens (tertiary/aromatic N) is 2.